The molecule has 1 atom stereocenters. The molecule has 1 aliphatic carbocycles. The molecule has 0 aromatic heterocycles. The van der Waals surface area contributed by atoms with E-state index in [-0.39, 0.29) is 18.4 Å². The molecule has 0 radical (unpaired) electrons. The van der Waals surface area contributed by atoms with Gasteiger partial charge in [0, 0.05) is 6.54 Å². The Kier molecular flexibility index (Phi) is 1.76. The Labute approximate surface area is 76.0 Å². The van der Waals surface area contributed by atoms with Crippen LogP contribution in [0.1, 0.15) is 19.3 Å². The monoisotopic (exact) mass is 183 g/mol. The van der Waals surface area contributed by atoms with Gasteiger partial charge in [0.25, 0.3) is 5.91 Å². The van der Waals surface area contributed by atoms with Crippen molar-refractivity contribution in [2.45, 2.75) is 24.8 Å². The molecule has 3 amide bonds. The second-order valence-electron chi connectivity index (χ2n) is 3.71. The van der Waals surface area contributed by atoms with E-state index in [0.29, 0.717) is 0 Å². The van der Waals surface area contributed by atoms with E-state index in [1.54, 1.807) is 0 Å². The van der Waals surface area contributed by atoms with Crippen LogP contribution in [0.25, 0.3) is 0 Å². The summed E-state index contributed by atoms with van der Waals surface area (Å²) >= 11 is 0. The highest BCUT2D eigenvalue weighted by Gasteiger charge is 2.52. The fourth-order valence-electron chi connectivity index (χ4n) is 2.00. The van der Waals surface area contributed by atoms with Crippen LogP contribution in [0.3, 0.4) is 0 Å². The van der Waals surface area contributed by atoms with Crippen LogP contribution in [-0.2, 0) is 4.79 Å². The number of carbonyl (C=O) groups excluding carboxylic acids is 2. The van der Waals surface area contributed by atoms with Gasteiger partial charge in [0.15, 0.2) is 0 Å². The quantitative estimate of drug-likeness (QED) is 0.496. The first-order valence-corrected chi connectivity index (χ1v) is 4.53. The van der Waals surface area contributed by atoms with Gasteiger partial charge in [0.2, 0.25) is 0 Å². The maximum Gasteiger partial charge on any atom is 0.322 e. The van der Waals surface area contributed by atoms with Crippen molar-refractivity contribution in [2.24, 2.45) is 11.7 Å². The van der Waals surface area contributed by atoms with Crippen LogP contribution in [0.4, 0.5) is 4.79 Å². The topological polar surface area (TPSA) is 84.2 Å². The molecule has 0 aromatic carbocycles. The van der Waals surface area contributed by atoms with Gasteiger partial charge in [0.05, 0.1) is 0 Å². The minimum absolute atomic E-state index is 0.190. The van der Waals surface area contributed by atoms with Crippen LogP contribution in [0, 0.1) is 5.92 Å². The molecule has 2 aliphatic rings. The Bertz CT molecular complexity index is 262. The van der Waals surface area contributed by atoms with E-state index < -0.39 is 11.6 Å². The smallest absolute Gasteiger partial charge is 0.322 e. The summed E-state index contributed by atoms with van der Waals surface area (Å²) < 4.78 is 0. The molecule has 1 saturated heterocycles. The molecule has 5 heteroatoms. The molecule has 72 valence electrons. The zero-order valence-corrected chi connectivity index (χ0v) is 7.30. The van der Waals surface area contributed by atoms with Crippen LogP contribution < -0.4 is 16.4 Å². The number of hydrogen-bond donors (Lipinski definition) is 3. The van der Waals surface area contributed by atoms with Crippen molar-refractivity contribution in [3.63, 3.8) is 0 Å². The Morgan fingerprint density at radius 3 is 2.46 bits per heavy atom. The molecule has 0 aromatic rings. The first-order chi connectivity index (χ1) is 6.19. The van der Waals surface area contributed by atoms with E-state index in [4.69, 9.17) is 5.73 Å². The van der Waals surface area contributed by atoms with Gasteiger partial charge in [-0.3, -0.25) is 10.1 Å². The number of imide groups is 1. The van der Waals surface area contributed by atoms with E-state index in [0.717, 1.165) is 19.3 Å². The number of amides is 3. The van der Waals surface area contributed by atoms with Crippen LogP contribution in [-0.4, -0.2) is 24.0 Å². The number of rotatable bonds is 2. The van der Waals surface area contributed by atoms with Crippen molar-refractivity contribution in [1.82, 2.24) is 10.6 Å². The van der Waals surface area contributed by atoms with Gasteiger partial charge in [-0.2, -0.15) is 0 Å². The average Bonchev–Trinajstić information content (AvgIpc) is 2.24. The van der Waals surface area contributed by atoms with Gasteiger partial charge in [0.1, 0.15) is 5.54 Å². The number of nitrogens with one attached hydrogen (secondary N) is 2. The van der Waals surface area contributed by atoms with Crippen molar-refractivity contribution in [2.75, 3.05) is 6.54 Å². The van der Waals surface area contributed by atoms with Gasteiger partial charge >= 0.3 is 6.03 Å². The van der Waals surface area contributed by atoms with Gasteiger partial charge in [-0.25, -0.2) is 4.79 Å². The third-order valence-corrected chi connectivity index (χ3v) is 3.09. The number of nitrogens with two attached hydrogens (primary N) is 1. The molecular formula is C8H13N3O2. The minimum atomic E-state index is -0.810. The van der Waals surface area contributed by atoms with Gasteiger partial charge < -0.3 is 11.1 Å². The highest BCUT2D eigenvalue weighted by molar-refractivity contribution is 6.07. The molecule has 5 nitrogen and oxygen atoms in total. The predicted octanol–water partition coefficient (Wildman–Crippen LogP) is -0.677. The lowest BCUT2D eigenvalue weighted by Crippen LogP contribution is -2.60. The van der Waals surface area contributed by atoms with Gasteiger partial charge in [-0.1, -0.05) is 6.42 Å². The van der Waals surface area contributed by atoms with Crippen molar-refractivity contribution >= 4 is 11.9 Å². The molecular weight excluding hydrogens is 170 g/mol. The lowest BCUT2D eigenvalue weighted by atomic mass is 9.70. The van der Waals surface area contributed by atoms with Crippen molar-refractivity contribution in [1.29, 1.82) is 0 Å². The van der Waals surface area contributed by atoms with E-state index in [1.807, 2.05) is 0 Å². The molecule has 0 spiro atoms. The largest absolute Gasteiger partial charge is 0.328 e. The maximum atomic E-state index is 11.5. The summed E-state index contributed by atoms with van der Waals surface area (Å²) in [6.45, 7) is 0.190. The maximum absolute atomic E-state index is 11.5. The summed E-state index contributed by atoms with van der Waals surface area (Å²) in [4.78, 5) is 22.5. The lowest BCUT2D eigenvalue weighted by Gasteiger charge is -2.39. The molecule has 1 saturated carbocycles. The van der Waals surface area contributed by atoms with Crippen molar-refractivity contribution < 1.29 is 9.59 Å². The molecule has 2 fully saturated rings. The number of urea groups is 1. The summed E-state index contributed by atoms with van der Waals surface area (Å²) in [7, 11) is 0. The second kappa shape index (κ2) is 2.70. The highest BCUT2D eigenvalue weighted by Crippen LogP contribution is 2.37. The van der Waals surface area contributed by atoms with E-state index >= 15 is 0 Å². The van der Waals surface area contributed by atoms with Gasteiger partial charge in [-0.15, -0.1) is 0 Å². The Morgan fingerprint density at radius 2 is 2.15 bits per heavy atom. The zero-order valence-electron chi connectivity index (χ0n) is 7.30. The summed E-state index contributed by atoms with van der Waals surface area (Å²) in [6.07, 6.45) is 3.07. The third kappa shape index (κ3) is 1.03. The third-order valence-electron chi connectivity index (χ3n) is 3.09. The first-order valence-electron chi connectivity index (χ1n) is 4.53. The normalized spacial score (nSPS) is 33.9. The Hall–Kier alpha value is -1.10. The summed E-state index contributed by atoms with van der Waals surface area (Å²) in [5.41, 5.74) is 4.75. The van der Waals surface area contributed by atoms with E-state index in [9.17, 15) is 9.59 Å². The molecule has 0 unspecified atom stereocenters. The van der Waals surface area contributed by atoms with Crippen LogP contribution >= 0.6 is 0 Å². The predicted molar refractivity (Wildman–Crippen MR) is 45.8 cm³/mol. The minimum Gasteiger partial charge on any atom is -0.328 e. The molecule has 2 rings (SSSR count). The van der Waals surface area contributed by atoms with Crippen LogP contribution in [0.5, 0.6) is 0 Å². The van der Waals surface area contributed by atoms with Crippen LogP contribution in [0.2, 0.25) is 0 Å². The number of carbonyl (C=O) groups is 2. The highest BCUT2D eigenvalue weighted by atomic mass is 16.2. The zero-order chi connectivity index (χ0) is 9.47. The standard InChI is InChI=1S/C8H13N3O2/c9-4-8(5-2-1-3-5)6(12)10-7(13)11-8/h5H,1-4,9H2,(H2,10,11,12,13)/t8-/m0/s1. The fourth-order valence-corrected chi connectivity index (χ4v) is 2.00. The summed E-state index contributed by atoms with van der Waals surface area (Å²) in [6, 6.07) is -0.414. The Balaban J connectivity index is 2.23. The first kappa shape index (κ1) is 8.50. The van der Waals surface area contributed by atoms with Crippen molar-refractivity contribution in [3.05, 3.63) is 0 Å². The van der Waals surface area contributed by atoms with E-state index in [1.165, 1.54) is 0 Å². The average molecular weight is 183 g/mol. The second-order valence-corrected chi connectivity index (χ2v) is 3.71. The van der Waals surface area contributed by atoms with Crippen LogP contribution in [0.15, 0.2) is 0 Å². The van der Waals surface area contributed by atoms with Gasteiger partial charge in [-0.05, 0) is 18.8 Å². The number of hydrogen-bond acceptors (Lipinski definition) is 3. The van der Waals surface area contributed by atoms with E-state index in [2.05, 4.69) is 10.6 Å². The van der Waals surface area contributed by atoms with Crippen molar-refractivity contribution in [3.8, 4) is 0 Å². The molecule has 13 heavy (non-hydrogen) atoms. The Morgan fingerprint density at radius 1 is 1.46 bits per heavy atom. The lowest BCUT2D eigenvalue weighted by molar-refractivity contribution is -0.126. The molecule has 1 heterocycles. The fraction of sp³-hybridized carbons (Fsp3) is 0.750. The molecule has 1 aliphatic heterocycles. The summed E-state index contributed by atoms with van der Waals surface area (Å²) in [5.74, 6) is -0.0337. The molecule has 0 bridgehead atoms. The molecule has 4 N–H and O–H groups in total. The SMILES string of the molecule is NC[C@@]1(C2CCC2)NC(=O)NC1=O. The summed E-state index contributed by atoms with van der Waals surface area (Å²) in [5, 5.41) is 4.88.